The van der Waals surface area contributed by atoms with Crippen LogP contribution in [0.1, 0.15) is 32.1 Å². The second kappa shape index (κ2) is 12.3. The Morgan fingerprint density at radius 3 is 2.61 bits per heavy atom. The number of piperazine rings is 1. The molecule has 2 heterocycles. The van der Waals surface area contributed by atoms with E-state index in [9.17, 15) is 14.8 Å². The number of rotatable bonds is 11. The van der Waals surface area contributed by atoms with Crippen LogP contribution in [0.5, 0.6) is 0 Å². The molecule has 0 unspecified atom stereocenters. The summed E-state index contributed by atoms with van der Waals surface area (Å²) in [6.45, 7) is 2.72. The highest BCUT2D eigenvalue weighted by Gasteiger charge is 2.28. The summed E-state index contributed by atoms with van der Waals surface area (Å²) >= 11 is 6.01. The number of carbonyl (C=O) groups is 2. The molecule has 2 aliphatic rings. The number of carbonyl (C=O) groups excluding carboxylic acids is 2. The SMILES string of the molecule is O=CN(O)C[C@H](CC1CCCC1)C(=O)NNc1nc(Cl)nc(N2CCN(CCO)CC2)c1F. The molecular weight excluding hydrogens is 457 g/mol. The summed E-state index contributed by atoms with van der Waals surface area (Å²) in [4.78, 5) is 35.3. The first-order valence-corrected chi connectivity index (χ1v) is 11.6. The van der Waals surface area contributed by atoms with Gasteiger partial charge in [0.1, 0.15) is 0 Å². The van der Waals surface area contributed by atoms with Crippen LogP contribution in [0.4, 0.5) is 16.0 Å². The largest absolute Gasteiger partial charge is 0.395 e. The van der Waals surface area contributed by atoms with E-state index in [1.54, 1.807) is 4.90 Å². The van der Waals surface area contributed by atoms with Gasteiger partial charge in [-0.05, 0) is 23.9 Å². The smallest absolute Gasteiger partial charge is 0.243 e. The molecule has 2 fully saturated rings. The zero-order valence-electron chi connectivity index (χ0n) is 18.4. The molecule has 11 nitrogen and oxygen atoms in total. The predicted molar refractivity (Wildman–Crippen MR) is 119 cm³/mol. The number of amides is 2. The highest BCUT2D eigenvalue weighted by molar-refractivity contribution is 6.28. The van der Waals surface area contributed by atoms with E-state index < -0.39 is 17.6 Å². The standard InChI is InChI=1S/C20H31ClFN7O4/c21-20-23-17(16(22)18(24-20)28-7-5-27(6-8-28)9-10-30)25-26-19(32)15(12-29(33)13-31)11-14-3-1-2-4-14/h13-15,30,33H,1-12H2,(H,26,32)(H,23,24,25)/t15-/m0/s1. The maximum Gasteiger partial charge on any atom is 0.243 e. The van der Waals surface area contributed by atoms with Crippen LogP contribution < -0.4 is 15.8 Å². The lowest BCUT2D eigenvalue weighted by molar-refractivity contribution is -0.154. The van der Waals surface area contributed by atoms with Gasteiger partial charge in [0.15, 0.2) is 11.6 Å². The summed E-state index contributed by atoms with van der Waals surface area (Å²) in [5, 5.41) is 18.9. The number of nitrogens with zero attached hydrogens (tertiary/aromatic N) is 5. The molecule has 0 spiro atoms. The molecule has 1 saturated carbocycles. The van der Waals surface area contributed by atoms with Gasteiger partial charge in [-0.25, -0.2) is 5.06 Å². The van der Waals surface area contributed by atoms with Crippen molar-refractivity contribution in [1.82, 2.24) is 25.4 Å². The first kappa shape index (κ1) is 25.3. The quantitative estimate of drug-likeness (QED) is 0.155. The maximum atomic E-state index is 15.1. The van der Waals surface area contributed by atoms with Crippen molar-refractivity contribution >= 4 is 35.6 Å². The topological polar surface area (TPSA) is 134 Å². The fourth-order valence-corrected chi connectivity index (χ4v) is 4.59. The second-order valence-electron chi connectivity index (χ2n) is 8.46. The van der Waals surface area contributed by atoms with Crippen LogP contribution in [-0.4, -0.2) is 88.4 Å². The van der Waals surface area contributed by atoms with Gasteiger partial charge in [0.25, 0.3) is 0 Å². The first-order chi connectivity index (χ1) is 15.9. The van der Waals surface area contributed by atoms with E-state index in [1.807, 2.05) is 0 Å². The van der Waals surface area contributed by atoms with Crippen LogP contribution in [0, 0.1) is 17.7 Å². The molecular formula is C20H31ClFN7O4. The van der Waals surface area contributed by atoms with Crippen LogP contribution in [0.3, 0.4) is 0 Å². The summed E-state index contributed by atoms with van der Waals surface area (Å²) in [6.07, 6.45) is 4.93. The van der Waals surface area contributed by atoms with Crippen molar-refractivity contribution in [1.29, 1.82) is 0 Å². The third-order valence-corrected chi connectivity index (χ3v) is 6.36. The zero-order valence-corrected chi connectivity index (χ0v) is 19.2. The molecule has 1 aliphatic heterocycles. The minimum absolute atomic E-state index is 0.0281. The number of aromatic nitrogens is 2. The van der Waals surface area contributed by atoms with E-state index in [0.717, 1.165) is 25.7 Å². The van der Waals surface area contributed by atoms with Crippen molar-refractivity contribution in [2.24, 2.45) is 11.8 Å². The van der Waals surface area contributed by atoms with Crippen molar-refractivity contribution in [2.45, 2.75) is 32.1 Å². The number of hydrogen-bond donors (Lipinski definition) is 4. The molecule has 33 heavy (non-hydrogen) atoms. The van der Waals surface area contributed by atoms with Gasteiger partial charge in [0, 0.05) is 32.7 Å². The summed E-state index contributed by atoms with van der Waals surface area (Å²) in [5.41, 5.74) is 4.93. The van der Waals surface area contributed by atoms with Crippen LogP contribution in [0.25, 0.3) is 0 Å². The Hall–Kier alpha value is -2.28. The van der Waals surface area contributed by atoms with Gasteiger partial charge in [0.2, 0.25) is 23.4 Å². The normalized spacial score (nSPS) is 18.2. The van der Waals surface area contributed by atoms with E-state index in [1.165, 1.54) is 0 Å². The van der Waals surface area contributed by atoms with E-state index >= 15 is 4.39 Å². The highest BCUT2D eigenvalue weighted by atomic mass is 35.5. The van der Waals surface area contributed by atoms with Crippen molar-refractivity contribution in [3.8, 4) is 0 Å². The van der Waals surface area contributed by atoms with Crippen LogP contribution in [0.2, 0.25) is 5.28 Å². The summed E-state index contributed by atoms with van der Waals surface area (Å²) in [6, 6.07) is 0. The number of hydrogen-bond acceptors (Lipinski definition) is 9. The highest BCUT2D eigenvalue weighted by Crippen LogP contribution is 2.31. The van der Waals surface area contributed by atoms with Gasteiger partial charge in [-0.15, -0.1) is 0 Å². The Balaban J connectivity index is 1.65. The number of aliphatic hydroxyl groups excluding tert-OH is 1. The number of aliphatic hydroxyl groups is 1. The van der Waals surface area contributed by atoms with Gasteiger partial charge in [-0.1, -0.05) is 25.7 Å². The summed E-state index contributed by atoms with van der Waals surface area (Å²) in [5.74, 6) is -1.82. The molecule has 1 aromatic rings. The Labute approximate surface area is 196 Å². The molecule has 0 bridgehead atoms. The van der Waals surface area contributed by atoms with Gasteiger partial charge in [0.05, 0.1) is 19.1 Å². The Morgan fingerprint density at radius 1 is 1.27 bits per heavy atom. The van der Waals surface area contributed by atoms with Gasteiger partial charge in [-0.3, -0.25) is 30.5 Å². The predicted octanol–water partition coefficient (Wildman–Crippen LogP) is 0.871. The molecule has 2 amide bonds. The van der Waals surface area contributed by atoms with Crippen molar-refractivity contribution < 1.29 is 24.3 Å². The van der Waals surface area contributed by atoms with Crippen LogP contribution >= 0.6 is 11.6 Å². The Bertz CT molecular complexity index is 807. The first-order valence-electron chi connectivity index (χ1n) is 11.2. The fourth-order valence-electron chi connectivity index (χ4n) is 4.43. The lowest BCUT2D eigenvalue weighted by Crippen LogP contribution is -2.48. The lowest BCUT2D eigenvalue weighted by atomic mass is 9.92. The number of anilines is 2. The third kappa shape index (κ3) is 7.10. The van der Waals surface area contributed by atoms with E-state index in [2.05, 4.69) is 25.7 Å². The Morgan fingerprint density at radius 2 is 1.97 bits per heavy atom. The number of halogens is 2. The Kier molecular flexibility index (Phi) is 9.41. The maximum absolute atomic E-state index is 15.1. The average molecular weight is 488 g/mol. The molecule has 0 aromatic carbocycles. The number of nitrogens with one attached hydrogen (secondary N) is 2. The van der Waals surface area contributed by atoms with E-state index in [-0.39, 0.29) is 36.5 Å². The van der Waals surface area contributed by atoms with Gasteiger partial charge >= 0.3 is 0 Å². The molecule has 1 aromatic heterocycles. The summed E-state index contributed by atoms with van der Waals surface area (Å²) in [7, 11) is 0. The molecule has 0 radical (unpaired) electrons. The molecule has 1 atom stereocenters. The molecule has 1 aliphatic carbocycles. The lowest BCUT2D eigenvalue weighted by Gasteiger charge is -2.35. The molecule has 1 saturated heterocycles. The minimum atomic E-state index is -0.751. The van der Waals surface area contributed by atoms with E-state index in [4.69, 9.17) is 16.7 Å². The molecule has 3 rings (SSSR count). The van der Waals surface area contributed by atoms with Gasteiger partial charge in [-0.2, -0.15) is 14.4 Å². The average Bonchev–Trinajstić information content (AvgIpc) is 3.32. The molecule has 4 N–H and O–H groups in total. The minimum Gasteiger partial charge on any atom is -0.395 e. The van der Waals surface area contributed by atoms with Crippen LogP contribution in [0.15, 0.2) is 0 Å². The molecule has 184 valence electrons. The van der Waals surface area contributed by atoms with Crippen LogP contribution in [-0.2, 0) is 9.59 Å². The zero-order chi connectivity index (χ0) is 23.8. The monoisotopic (exact) mass is 487 g/mol. The number of hydrazine groups is 1. The number of hydroxylamine groups is 2. The second-order valence-corrected chi connectivity index (χ2v) is 8.79. The summed E-state index contributed by atoms with van der Waals surface area (Å²) < 4.78 is 15.1. The van der Waals surface area contributed by atoms with E-state index in [0.29, 0.717) is 50.1 Å². The third-order valence-electron chi connectivity index (χ3n) is 6.19. The van der Waals surface area contributed by atoms with Crippen molar-refractivity contribution in [3.05, 3.63) is 11.1 Å². The molecule has 13 heteroatoms. The number of β-amino-alcohol motifs (C(OH)–C–C–N with tert-alkyl or cyclic N) is 1. The van der Waals surface area contributed by atoms with Crippen molar-refractivity contribution in [2.75, 3.05) is 56.2 Å². The fraction of sp³-hybridized carbons (Fsp3) is 0.700. The van der Waals surface area contributed by atoms with Crippen molar-refractivity contribution in [3.63, 3.8) is 0 Å². The van der Waals surface area contributed by atoms with Gasteiger partial charge < -0.3 is 10.0 Å².